The number of ether oxygens (including phenoxy) is 1. The van der Waals surface area contributed by atoms with Gasteiger partial charge in [0, 0.05) is 21.7 Å². The van der Waals surface area contributed by atoms with Crippen LogP contribution in [0.4, 0.5) is 5.69 Å². The van der Waals surface area contributed by atoms with E-state index in [9.17, 15) is 0 Å². The summed E-state index contributed by atoms with van der Waals surface area (Å²) in [6.07, 6.45) is 3.85. The maximum atomic E-state index is 6.05. The first-order valence-electron chi connectivity index (χ1n) is 5.21. The van der Waals surface area contributed by atoms with Gasteiger partial charge in [-0.3, -0.25) is 0 Å². The van der Waals surface area contributed by atoms with E-state index in [1.807, 2.05) is 48.3 Å². The van der Waals surface area contributed by atoms with Crippen LogP contribution in [0.2, 0.25) is 0 Å². The zero-order valence-electron chi connectivity index (χ0n) is 9.77. The van der Waals surface area contributed by atoms with E-state index >= 15 is 0 Å². The molecule has 4 heteroatoms. The Kier molecular flexibility index (Phi) is 3.33. The molecule has 0 fully saturated rings. The predicted octanol–water partition coefficient (Wildman–Crippen LogP) is 2.53. The van der Waals surface area contributed by atoms with E-state index in [-0.39, 0.29) is 0 Å². The number of anilines is 1. The monoisotopic (exact) mass is 293 g/mol. The van der Waals surface area contributed by atoms with Crippen LogP contribution >= 0.6 is 15.9 Å². The van der Waals surface area contributed by atoms with E-state index in [0.29, 0.717) is 0 Å². The van der Waals surface area contributed by atoms with Crippen molar-refractivity contribution in [1.29, 1.82) is 0 Å². The second-order valence-electron chi connectivity index (χ2n) is 3.80. The van der Waals surface area contributed by atoms with E-state index in [1.165, 1.54) is 0 Å². The number of methoxy groups -OCH3 is 1. The summed E-state index contributed by atoms with van der Waals surface area (Å²) in [7, 11) is 3.60. The first kappa shape index (κ1) is 11.9. The molecule has 1 heterocycles. The Labute approximate surface area is 109 Å². The number of hydrogen-bond acceptors (Lipinski definition) is 2. The van der Waals surface area contributed by atoms with Crippen molar-refractivity contribution in [3.63, 3.8) is 0 Å². The molecule has 0 atom stereocenters. The molecule has 0 amide bonds. The fraction of sp³-hybridized carbons (Fsp3) is 0.154. The summed E-state index contributed by atoms with van der Waals surface area (Å²) < 4.78 is 8.26. The number of halogens is 1. The molecule has 0 saturated heterocycles. The van der Waals surface area contributed by atoms with E-state index in [4.69, 9.17) is 10.5 Å². The van der Waals surface area contributed by atoms with Gasteiger partial charge in [0.1, 0.15) is 18.5 Å². The molecule has 2 N–H and O–H groups in total. The molecule has 0 aliphatic rings. The number of benzene rings is 1. The van der Waals surface area contributed by atoms with E-state index < -0.39 is 0 Å². The van der Waals surface area contributed by atoms with Crippen molar-refractivity contribution in [2.45, 2.75) is 0 Å². The summed E-state index contributed by atoms with van der Waals surface area (Å²) in [5.41, 5.74) is 8.72. The van der Waals surface area contributed by atoms with Crippen LogP contribution in [-0.4, -0.2) is 7.11 Å². The van der Waals surface area contributed by atoms with E-state index in [1.54, 1.807) is 7.11 Å². The number of nitrogens with two attached hydrogens (primary N) is 1. The number of hydrogen-bond donors (Lipinski definition) is 1. The van der Waals surface area contributed by atoms with Gasteiger partial charge >= 0.3 is 0 Å². The smallest absolute Gasteiger partial charge is 0.192 e. The summed E-state index contributed by atoms with van der Waals surface area (Å²) in [5, 5.41) is 0. The number of nitrogens with zero attached hydrogens (tertiary/aromatic N) is 1. The van der Waals surface area contributed by atoms with Gasteiger partial charge in [-0.25, -0.2) is 4.57 Å². The molecule has 1 aromatic carbocycles. The minimum atomic E-state index is 0.722. The van der Waals surface area contributed by atoms with Gasteiger partial charge < -0.3 is 10.5 Å². The molecule has 0 radical (unpaired) electrons. The molecule has 3 nitrogen and oxygen atoms in total. The van der Waals surface area contributed by atoms with Crippen molar-refractivity contribution in [3.05, 3.63) is 41.1 Å². The molecular weight excluding hydrogens is 280 g/mol. The molecule has 0 bridgehead atoms. The van der Waals surface area contributed by atoms with Gasteiger partial charge in [0.05, 0.1) is 7.11 Å². The summed E-state index contributed by atoms with van der Waals surface area (Å²) in [6.45, 7) is 0. The zero-order chi connectivity index (χ0) is 12.4. The summed E-state index contributed by atoms with van der Waals surface area (Å²) in [4.78, 5) is 0. The van der Waals surface area contributed by atoms with Crippen molar-refractivity contribution in [2.24, 2.45) is 7.05 Å². The van der Waals surface area contributed by atoms with Crippen LogP contribution in [0.3, 0.4) is 0 Å². The fourth-order valence-corrected chi connectivity index (χ4v) is 2.35. The van der Waals surface area contributed by atoms with Crippen LogP contribution in [0.1, 0.15) is 0 Å². The molecule has 0 saturated carbocycles. The Morgan fingerprint density at radius 3 is 2.71 bits per heavy atom. The quantitative estimate of drug-likeness (QED) is 0.865. The Bertz CT molecular complexity index is 555. The van der Waals surface area contributed by atoms with E-state index in [2.05, 4.69) is 15.9 Å². The lowest BCUT2D eigenvalue weighted by atomic mass is 10.0. The Morgan fingerprint density at radius 1 is 1.29 bits per heavy atom. The lowest BCUT2D eigenvalue weighted by molar-refractivity contribution is -0.670. The molecule has 88 valence electrons. The lowest BCUT2D eigenvalue weighted by Gasteiger charge is -2.11. The second kappa shape index (κ2) is 4.75. The summed E-state index contributed by atoms with van der Waals surface area (Å²) >= 11 is 3.53. The van der Waals surface area contributed by atoms with Crippen LogP contribution in [0, 0.1) is 0 Å². The molecule has 0 unspecified atom stereocenters. The standard InChI is InChI=1S/C13H14BrN2O/c1-16-7-6-9(11(15)8-16)13-10(14)4-3-5-12(13)17-2/h3-8H,15H2,1-2H3/q+1. The molecular formula is C13H14BrN2O+. The van der Waals surface area contributed by atoms with E-state index in [0.717, 1.165) is 27.0 Å². The van der Waals surface area contributed by atoms with Crippen molar-refractivity contribution < 1.29 is 9.30 Å². The molecule has 0 aliphatic carbocycles. The number of aryl methyl sites for hydroxylation is 1. The van der Waals surface area contributed by atoms with Crippen LogP contribution in [0.25, 0.3) is 11.1 Å². The minimum absolute atomic E-state index is 0.722. The largest absolute Gasteiger partial charge is 0.496 e. The van der Waals surface area contributed by atoms with Gasteiger partial charge in [-0.15, -0.1) is 0 Å². The van der Waals surface area contributed by atoms with Crippen LogP contribution < -0.4 is 15.0 Å². The highest BCUT2D eigenvalue weighted by molar-refractivity contribution is 9.10. The van der Waals surface area contributed by atoms with Gasteiger partial charge in [-0.05, 0) is 12.1 Å². The normalized spacial score (nSPS) is 10.3. The third-order valence-corrected chi connectivity index (χ3v) is 3.26. The topological polar surface area (TPSA) is 39.1 Å². The molecule has 17 heavy (non-hydrogen) atoms. The second-order valence-corrected chi connectivity index (χ2v) is 4.65. The summed E-state index contributed by atoms with van der Waals surface area (Å²) in [6, 6.07) is 7.82. The van der Waals surface area contributed by atoms with Crippen LogP contribution in [-0.2, 0) is 7.05 Å². The maximum Gasteiger partial charge on any atom is 0.192 e. The Balaban J connectivity index is 2.67. The summed E-state index contributed by atoms with van der Waals surface area (Å²) in [5.74, 6) is 0.805. The number of nitrogen functional groups attached to an aromatic ring is 1. The number of pyridine rings is 1. The molecule has 0 aliphatic heterocycles. The van der Waals surface area contributed by atoms with Crippen molar-refractivity contribution >= 4 is 21.6 Å². The molecule has 0 spiro atoms. The molecule has 2 aromatic rings. The van der Waals surface area contributed by atoms with Crippen molar-refractivity contribution in [3.8, 4) is 16.9 Å². The average molecular weight is 294 g/mol. The third kappa shape index (κ3) is 2.26. The fourth-order valence-electron chi connectivity index (χ4n) is 1.78. The first-order valence-corrected chi connectivity index (χ1v) is 6.00. The highest BCUT2D eigenvalue weighted by Crippen LogP contribution is 2.38. The Hall–Kier alpha value is -1.55. The number of rotatable bonds is 2. The lowest BCUT2D eigenvalue weighted by Crippen LogP contribution is -2.27. The van der Waals surface area contributed by atoms with Gasteiger partial charge in [0.25, 0.3) is 0 Å². The van der Waals surface area contributed by atoms with Crippen molar-refractivity contribution in [1.82, 2.24) is 0 Å². The predicted molar refractivity (Wildman–Crippen MR) is 71.7 cm³/mol. The van der Waals surface area contributed by atoms with Crippen molar-refractivity contribution in [2.75, 3.05) is 12.8 Å². The van der Waals surface area contributed by atoms with Crippen LogP contribution in [0.5, 0.6) is 5.75 Å². The maximum absolute atomic E-state index is 6.05. The van der Waals surface area contributed by atoms with Gasteiger partial charge in [0.15, 0.2) is 12.4 Å². The molecule has 1 aromatic heterocycles. The highest BCUT2D eigenvalue weighted by Gasteiger charge is 2.14. The third-order valence-electron chi connectivity index (χ3n) is 2.59. The van der Waals surface area contributed by atoms with Gasteiger partial charge in [-0.2, -0.15) is 0 Å². The highest BCUT2D eigenvalue weighted by atomic mass is 79.9. The number of aromatic nitrogens is 1. The zero-order valence-corrected chi connectivity index (χ0v) is 11.4. The van der Waals surface area contributed by atoms with Gasteiger partial charge in [-0.1, -0.05) is 22.0 Å². The minimum Gasteiger partial charge on any atom is -0.496 e. The first-order chi connectivity index (χ1) is 8.13. The van der Waals surface area contributed by atoms with Crippen LogP contribution in [0.15, 0.2) is 41.1 Å². The molecule has 2 rings (SSSR count). The van der Waals surface area contributed by atoms with Gasteiger partial charge in [0.2, 0.25) is 0 Å². The SMILES string of the molecule is COc1cccc(Br)c1-c1cc[n+](C)cc1N. The average Bonchev–Trinajstić information content (AvgIpc) is 2.30. The Morgan fingerprint density at radius 2 is 2.06 bits per heavy atom.